The van der Waals surface area contributed by atoms with Gasteiger partial charge in [-0.25, -0.2) is 0 Å². The molecule has 0 N–H and O–H groups in total. The first kappa shape index (κ1) is 12.2. The molecule has 1 aliphatic heterocycles. The van der Waals surface area contributed by atoms with Crippen molar-refractivity contribution < 1.29 is 4.74 Å². The van der Waals surface area contributed by atoms with Crippen molar-refractivity contribution in [1.82, 2.24) is 0 Å². The highest BCUT2D eigenvalue weighted by Crippen LogP contribution is 2.38. The van der Waals surface area contributed by atoms with Crippen LogP contribution in [0, 0.1) is 5.92 Å². The molecule has 2 atom stereocenters. The topological polar surface area (TPSA) is 9.23 Å². The molecule has 1 aliphatic rings. The second-order valence-electron chi connectivity index (χ2n) is 4.95. The molecule has 1 saturated heterocycles. The fraction of sp³-hybridized carbons (Fsp3) is 0.375. The van der Waals surface area contributed by atoms with E-state index in [1.54, 1.807) is 0 Å². The lowest BCUT2D eigenvalue weighted by Gasteiger charge is -2.27. The lowest BCUT2D eigenvalue weighted by molar-refractivity contribution is 0.0547. The van der Waals surface area contributed by atoms with Crippen molar-refractivity contribution in [3.05, 3.63) is 48.0 Å². The molecular formula is C16H17BrO. The minimum Gasteiger partial charge on any atom is -0.381 e. The fourth-order valence-electron chi connectivity index (χ4n) is 2.74. The Balaban J connectivity index is 1.97. The molecule has 1 heterocycles. The summed E-state index contributed by atoms with van der Waals surface area (Å²) >= 11 is 3.89. The Morgan fingerprint density at radius 2 is 1.94 bits per heavy atom. The standard InChI is InChI=1S/C16H17BrO/c17-16(13-7-4-10-18-11-13)15-9-3-6-12-5-1-2-8-14(12)15/h1-3,5-6,8-9,13,16H,4,7,10-11H2. The van der Waals surface area contributed by atoms with Gasteiger partial charge in [0, 0.05) is 11.4 Å². The summed E-state index contributed by atoms with van der Waals surface area (Å²) in [4.78, 5) is 0.392. The molecule has 3 rings (SSSR count). The molecule has 94 valence electrons. The van der Waals surface area contributed by atoms with E-state index in [9.17, 15) is 0 Å². The third-order valence-electron chi connectivity index (χ3n) is 3.73. The Morgan fingerprint density at radius 3 is 2.78 bits per heavy atom. The third-order valence-corrected chi connectivity index (χ3v) is 4.97. The van der Waals surface area contributed by atoms with Gasteiger partial charge in [-0.1, -0.05) is 58.4 Å². The van der Waals surface area contributed by atoms with E-state index in [1.807, 2.05) is 0 Å². The minimum absolute atomic E-state index is 0.392. The summed E-state index contributed by atoms with van der Waals surface area (Å²) in [6.45, 7) is 1.80. The summed E-state index contributed by atoms with van der Waals surface area (Å²) < 4.78 is 5.61. The van der Waals surface area contributed by atoms with Gasteiger partial charge in [-0.05, 0) is 35.1 Å². The highest BCUT2D eigenvalue weighted by Gasteiger charge is 2.24. The monoisotopic (exact) mass is 304 g/mol. The highest BCUT2D eigenvalue weighted by atomic mass is 79.9. The maximum absolute atomic E-state index is 5.61. The molecule has 0 aliphatic carbocycles. The maximum atomic E-state index is 5.61. The molecule has 2 heteroatoms. The predicted octanol–water partition coefficient (Wildman–Crippen LogP) is 4.70. The van der Waals surface area contributed by atoms with Crippen molar-refractivity contribution in [3.8, 4) is 0 Å². The summed E-state index contributed by atoms with van der Waals surface area (Å²) in [5, 5.41) is 2.67. The maximum Gasteiger partial charge on any atom is 0.0508 e. The first-order valence-corrected chi connectivity index (χ1v) is 7.47. The number of halogens is 1. The number of hydrogen-bond donors (Lipinski definition) is 0. The van der Waals surface area contributed by atoms with Gasteiger partial charge in [0.25, 0.3) is 0 Å². The molecule has 0 bridgehead atoms. The van der Waals surface area contributed by atoms with Gasteiger partial charge in [-0.15, -0.1) is 0 Å². The smallest absolute Gasteiger partial charge is 0.0508 e. The number of alkyl halides is 1. The Labute approximate surface area is 116 Å². The lowest BCUT2D eigenvalue weighted by atomic mass is 9.91. The Hall–Kier alpha value is -0.860. The second-order valence-corrected chi connectivity index (χ2v) is 5.93. The van der Waals surface area contributed by atoms with Gasteiger partial charge < -0.3 is 4.74 Å². The van der Waals surface area contributed by atoms with Crippen LogP contribution in [0.4, 0.5) is 0 Å². The van der Waals surface area contributed by atoms with Crippen molar-refractivity contribution >= 4 is 26.7 Å². The van der Waals surface area contributed by atoms with Crippen molar-refractivity contribution in [1.29, 1.82) is 0 Å². The van der Waals surface area contributed by atoms with Crippen LogP contribution in [0.25, 0.3) is 10.8 Å². The molecule has 1 fully saturated rings. The number of ether oxygens (including phenoxy) is 1. The predicted molar refractivity (Wildman–Crippen MR) is 79.2 cm³/mol. The molecular weight excluding hydrogens is 288 g/mol. The third kappa shape index (κ3) is 2.32. The summed E-state index contributed by atoms with van der Waals surface area (Å²) in [5.41, 5.74) is 1.39. The van der Waals surface area contributed by atoms with Crippen molar-refractivity contribution in [3.63, 3.8) is 0 Å². The van der Waals surface area contributed by atoms with Crippen LogP contribution in [-0.2, 0) is 4.74 Å². The van der Waals surface area contributed by atoms with Crippen LogP contribution in [0.3, 0.4) is 0 Å². The van der Waals surface area contributed by atoms with E-state index in [0.717, 1.165) is 13.2 Å². The molecule has 0 spiro atoms. The zero-order chi connectivity index (χ0) is 12.4. The first-order valence-electron chi connectivity index (χ1n) is 6.56. The summed E-state index contributed by atoms with van der Waals surface area (Å²) in [5.74, 6) is 0.588. The number of fused-ring (bicyclic) bond motifs is 1. The normalized spacial score (nSPS) is 21.9. The van der Waals surface area contributed by atoms with Gasteiger partial charge in [-0.3, -0.25) is 0 Å². The first-order chi connectivity index (χ1) is 8.86. The molecule has 2 unspecified atom stereocenters. The number of benzene rings is 2. The molecule has 0 saturated carbocycles. The summed E-state index contributed by atoms with van der Waals surface area (Å²) in [6, 6.07) is 15.2. The quantitative estimate of drug-likeness (QED) is 0.731. The van der Waals surface area contributed by atoms with Gasteiger partial charge in [0.2, 0.25) is 0 Å². The van der Waals surface area contributed by atoms with Gasteiger partial charge in [0.05, 0.1) is 6.61 Å². The van der Waals surface area contributed by atoms with E-state index in [2.05, 4.69) is 58.4 Å². The Morgan fingerprint density at radius 1 is 1.11 bits per heavy atom. The summed E-state index contributed by atoms with van der Waals surface area (Å²) in [6.07, 6.45) is 2.43. The largest absolute Gasteiger partial charge is 0.381 e. The highest BCUT2D eigenvalue weighted by molar-refractivity contribution is 9.09. The van der Waals surface area contributed by atoms with Crippen LogP contribution in [0.1, 0.15) is 23.2 Å². The molecule has 2 aromatic carbocycles. The van der Waals surface area contributed by atoms with Gasteiger partial charge in [-0.2, -0.15) is 0 Å². The van der Waals surface area contributed by atoms with Crippen LogP contribution < -0.4 is 0 Å². The molecule has 18 heavy (non-hydrogen) atoms. The average molecular weight is 305 g/mol. The van der Waals surface area contributed by atoms with E-state index in [4.69, 9.17) is 4.74 Å². The van der Waals surface area contributed by atoms with E-state index in [0.29, 0.717) is 10.7 Å². The van der Waals surface area contributed by atoms with Crippen molar-refractivity contribution in [2.24, 2.45) is 5.92 Å². The van der Waals surface area contributed by atoms with E-state index < -0.39 is 0 Å². The van der Waals surface area contributed by atoms with Crippen LogP contribution >= 0.6 is 15.9 Å². The van der Waals surface area contributed by atoms with Gasteiger partial charge in [0.1, 0.15) is 0 Å². The van der Waals surface area contributed by atoms with Crippen LogP contribution in [0.2, 0.25) is 0 Å². The summed E-state index contributed by atoms with van der Waals surface area (Å²) in [7, 11) is 0. The van der Waals surface area contributed by atoms with Crippen molar-refractivity contribution in [2.75, 3.05) is 13.2 Å². The van der Waals surface area contributed by atoms with Gasteiger partial charge in [0.15, 0.2) is 0 Å². The Kier molecular flexibility index (Phi) is 3.67. The fourth-order valence-corrected chi connectivity index (χ4v) is 3.56. The van der Waals surface area contributed by atoms with E-state index >= 15 is 0 Å². The molecule has 0 aromatic heterocycles. The second kappa shape index (κ2) is 5.41. The molecule has 1 nitrogen and oxygen atoms in total. The molecule has 2 aromatic rings. The zero-order valence-corrected chi connectivity index (χ0v) is 11.9. The molecule has 0 amide bonds. The molecule has 0 radical (unpaired) electrons. The van der Waals surface area contributed by atoms with Crippen LogP contribution in [-0.4, -0.2) is 13.2 Å². The number of hydrogen-bond acceptors (Lipinski definition) is 1. The van der Waals surface area contributed by atoms with E-state index in [-0.39, 0.29) is 0 Å². The van der Waals surface area contributed by atoms with Gasteiger partial charge >= 0.3 is 0 Å². The minimum atomic E-state index is 0.392. The van der Waals surface area contributed by atoms with Crippen LogP contribution in [0.5, 0.6) is 0 Å². The number of rotatable bonds is 2. The van der Waals surface area contributed by atoms with E-state index in [1.165, 1.54) is 29.2 Å². The Bertz CT molecular complexity index is 526. The lowest BCUT2D eigenvalue weighted by Crippen LogP contribution is -2.21. The van der Waals surface area contributed by atoms with Crippen molar-refractivity contribution in [2.45, 2.75) is 17.7 Å². The zero-order valence-electron chi connectivity index (χ0n) is 10.3. The SMILES string of the molecule is BrC(c1cccc2ccccc12)C1CCCOC1. The van der Waals surface area contributed by atoms with Crippen LogP contribution in [0.15, 0.2) is 42.5 Å². The average Bonchev–Trinajstić information content (AvgIpc) is 2.47.